The Hall–Kier alpha value is -1.07. The Bertz CT molecular complexity index is 389. The molecule has 0 saturated heterocycles. The van der Waals surface area contributed by atoms with Crippen molar-refractivity contribution in [1.29, 1.82) is 0 Å². The SMILES string of the molecule is Cc1c(C(=O)NC(CN)CC(C)C)cnn1C.Cl. The van der Waals surface area contributed by atoms with Crippen LogP contribution in [0.3, 0.4) is 0 Å². The molecule has 1 unspecified atom stereocenters. The number of amides is 1. The molecule has 1 aromatic heterocycles. The van der Waals surface area contributed by atoms with Crippen molar-refractivity contribution in [3.8, 4) is 0 Å². The summed E-state index contributed by atoms with van der Waals surface area (Å²) >= 11 is 0. The maximum Gasteiger partial charge on any atom is 0.255 e. The summed E-state index contributed by atoms with van der Waals surface area (Å²) in [6, 6.07) is 0.0297. The van der Waals surface area contributed by atoms with Crippen molar-refractivity contribution in [2.24, 2.45) is 18.7 Å². The van der Waals surface area contributed by atoms with Crippen molar-refractivity contribution in [3.05, 3.63) is 17.5 Å². The highest BCUT2D eigenvalue weighted by Gasteiger charge is 2.17. The fraction of sp³-hybridized carbons (Fsp3) is 0.667. The number of nitrogens with two attached hydrogens (primary N) is 1. The van der Waals surface area contributed by atoms with E-state index in [0.717, 1.165) is 12.1 Å². The van der Waals surface area contributed by atoms with Gasteiger partial charge in [0, 0.05) is 25.3 Å². The molecular weight excluding hydrogens is 252 g/mol. The number of carbonyl (C=O) groups is 1. The van der Waals surface area contributed by atoms with Gasteiger partial charge in [0.05, 0.1) is 11.8 Å². The third kappa shape index (κ3) is 4.31. The van der Waals surface area contributed by atoms with Crippen LogP contribution in [0.15, 0.2) is 6.20 Å². The van der Waals surface area contributed by atoms with Crippen LogP contribution in [0.2, 0.25) is 0 Å². The van der Waals surface area contributed by atoms with Crippen LogP contribution in [-0.4, -0.2) is 28.3 Å². The molecule has 1 aromatic rings. The third-order valence-corrected chi connectivity index (χ3v) is 2.86. The first-order chi connectivity index (χ1) is 7.95. The fourth-order valence-electron chi connectivity index (χ4n) is 1.77. The lowest BCUT2D eigenvalue weighted by atomic mass is 10.0. The van der Waals surface area contributed by atoms with Gasteiger partial charge in [0.2, 0.25) is 0 Å². The van der Waals surface area contributed by atoms with E-state index in [1.807, 2.05) is 14.0 Å². The number of nitrogens with zero attached hydrogens (tertiary/aromatic N) is 2. The zero-order valence-electron chi connectivity index (χ0n) is 11.4. The Kier molecular flexibility index (Phi) is 6.94. The molecule has 1 amide bonds. The number of carbonyl (C=O) groups excluding carboxylic acids is 1. The van der Waals surface area contributed by atoms with Gasteiger partial charge in [-0.15, -0.1) is 12.4 Å². The van der Waals surface area contributed by atoms with Gasteiger partial charge in [0.15, 0.2) is 0 Å². The first-order valence-corrected chi connectivity index (χ1v) is 5.95. The van der Waals surface area contributed by atoms with Crippen molar-refractivity contribution in [2.75, 3.05) is 6.54 Å². The first kappa shape index (κ1) is 16.9. The van der Waals surface area contributed by atoms with E-state index in [4.69, 9.17) is 5.73 Å². The van der Waals surface area contributed by atoms with Crippen molar-refractivity contribution in [3.63, 3.8) is 0 Å². The molecule has 0 radical (unpaired) electrons. The molecule has 0 aromatic carbocycles. The Labute approximate surface area is 115 Å². The van der Waals surface area contributed by atoms with Gasteiger partial charge in [0.25, 0.3) is 5.91 Å². The smallest absolute Gasteiger partial charge is 0.255 e. The molecule has 0 spiro atoms. The normalized spacial score (nSPS) is 12.1. The summed E-state index contributed by atoms with van der Waals surface area (Å²) in [5, 5.41) is 7.01. The van der Waals surface area contributed by atoms with Gasteiger partial charge in [-0.25, -0.2) is 0 Å². The lowest BCUT2D eigenvalue weighted by Crippen LogP contribution is -2.41. The van der Waals surface area contributed by atoms with E-state index >= 15 is 0 Å². The highest BCUT2D eigenvalue weighted by Crippen LogP contribution is 2.08. The molecule has 0 bridgehead atoms. The Morgan fingerprint density at radius 3 is 2.56 bits per heavy atom. The maximum absolute atomic E-state index is 12.0. The van der Waals surface area contributed by atoms with Gasteiger partial charge in [-0.2, -0.15) is 5.10 Å². The number of hydrogen-bond acceptors (Lipinski definition) is 3. The van der Waals surface area contributed by atoms with Crippen LogP contribution in [0.4, 0.5) is 0 Å². The lowest BCUT2D eigenvalue weighted by Gasteiger charge is -2.18. The molecule has 0 saturated carbocycles. The van der Waals surface area contributed by atoms with Gasteiger partial charge in [0.1, 0.15) is 0 Å². The summed E-state index contributed by atoms with van der Waals surface area (Å²) in [7, 11) is 1.82. The Morgan fingerprint density at radius 1 is 1.56 bits per heavy atom. The molecule has 0 aliphatic heterocycles. The van der Waals surface area contributed by atoms with E-state index < -0.39 is 0 Å². The maximum atomic E-state index is 12.0. The van der Waals surface area contributed by atoms with Gasteiger partial charge in [-0.3, -0.25) is 9.48 Å². The summed E-state index contributed by atoms with van der Waals surface area (Å²) in [5.74, 6) is 0.422. The molecule has 5 nitrogen and oxygen atoms in total. The molecule has 0 aliphatic rings. The number of halogens is 1. The molecule has 3 N–H and O–H groups in total. The van der Waals surface area contributed by atoms with Crippen molar-refractivity contribution < 1.29 is 4.79 Å². The summed E-state index contributed by atoms with van der Waals surface area (Å²) in [6.45, 7) is 6.57. The number of rotatable bonds is 5. The third-order valence-electron chi connectivity index (χ3n) is 2.86. The molecule has 1 rings (SSSR count). The molecular formula is C12H23ClN4O. The predicted molar refractivity (Wildman–Crippen MR) is 75.0 cm³/mol. The second-order valence-corrected chi connectivity index (χ2v) is 4.80. The number of aryl methyl sites for hydroxylation is 1. The number of nitrogens with one attached hydrogen (secondary N) is 1. The van der Waals surface area contributed by atoms with Crippen LogP contribution in [0.5, 0.6) is 0 Å². The average molecular weight is 275 g/mol. The van der Waals surface area contributed by atoms with E-state index in [1.54, 1.807) is 10.9 Å². The topological polar surface area (TPSA) is 72.9 Å². The minimum atomic E-state index is -0.0910. The molecule has 6 heteroatoms. The zero-order valence-corrected chi connectivity index (χ0v) is 12.3. The van der Waals surface area contributed by atoms with Crippen molar-refractivity contribution in [2.45, 2.75) is 33.2 Å². The lowest BCUT2D eigenvalue weighted by molar-refractivity contribution is 0.0933. The molecule has 0 aliphatic carbocycles. The van der Waals surface area contributed by atoms with Crippen molar-refractivity contribution in [1.82, 2.24) is 15.1 Å². The average Bonchev–Trinajstić information content (AvgIpc) is 2.58. The molecule has 1 heterocycles. The number of hydrogen-bond donors (Lipinski definition) is 2. The molecule has 18 heavy (non-hydrogen) atoms. The predicted octanol–water partition coefficient (Wildman–Crippen LogP) is 1.25. The molecule has 104 valence electrons. The summed E-state index contributed by atoms with van der Waals surface area (Å²) in [6.07, 6.45) is 2.48. The van der Waals surface area contributed by atoms with E-state index in [9.17, 15) is 4.79 Å². The zero-order chi connectivity index (χ0) is 13.0. The summed E-state index contributed by atoms with van der Waals surface area (Å²) in [4.78, 5) is 12.0. The van der Waals surface area contributed by atoms with Crippen LogP contribution >= 0.6 is 12.4 Å². The second kappa shape index (κ2) is 7.38. The van der Waals surface area contributed by atoms with E-state index in [2.05, 4.69) is 24.3 Å². The van der Waals surface area contributed by atoms with E-state index in [-0.39, 0.29) is 24.4 Å². The van der Waals surface area contributed by atoms with Crippen LogP contribution in [0, 0.1) is 12.8 Å². The first-order valence-electron chi connectivity index (χ1n) is 5.95. The van der Waals surface area contributed by atoms with Crippen LogP contribution in [0.25, 0.3) is 0 Å². The van der Waals surface area contributed by atoms with Crippen LogP contribution < -0.4 is 11.1 Å². The second-order valence-electron chi connectivity index (χ2n) is 4.80. The highest BCUT2D eigenvalue weighted by atomic mass is 35.5. The van der Waals surface area contributed by atoms with Crippen molar-refractivity contribution >= 4 is 18.3 Å². The minimum Gasteiger partial charge on any atom is -0.348 e. The molecule has 1 atom stereocenters. The quantitative estimate of drug-likeness (QED) is 0.849. The van der Waals surface area contributed by atoms with E-state index in [1.165, 1.54) is 0 Å². The van der Waals surface area contributed by atoms with Crippen LogP contribution in [0.1, 0.15) is 36.3 Å². The Morgan fingerprint density at radius 2 is 2.17 bits per heavy atom. The highest BCUT2D eigenvalue weighted by molar-refractivity contribution is 5.95. The monoisotopic (exact) mass is 274 g/mol. The minimum absolute atomic E-state index is 0. The van der Waals surface area contributed by atoms with E-state index in [0.29, 0.717) is 18.0 Å². The van der Waals surface area contributed by atoms with Gasteiger partial charge >= 0.3 is 0 Å². The summed E-state index contributed by atoms with van der Waals surface area (Å²) < 4.78 is 1.69. The largest absolute Gasteiger partial charge is 0.348 e. The number of aromatic nitrogens is 2. The van der Waals surface area contributed by atoms with Gasteiger partial charge < -0.3 is 11.1 Å². The summed E-state index contributed by atoms with van der Waals surface area (Å²) in [5.41, 5.74) is 7.14. The fourth-order valence-corrected chi connectivity index (χ4v) is 1.77. The van der Waals surface area contributed by atoms with Gasteiger partial charge in [-0.1, -0.05) is 13.8 Å². The Balaban J connectivity index is 0.00000289. The molecule has 0 fully saturated rings. The standard InChI is InChI=1S/C12H22N4O.ClH/c1-8(2)5-10(6-13)15-12(17)11-7-14-16(4)9(11)3;/h7-8,10H,5-6,13H2,1-4H3,(H,15,17);1H. The van der Waals surface area contributed by atoms with Crippen LogP contribution in [-0.2, 0) is 7.05 Å². The van der Waals surface area contributed by atoms with Gasteiger partial charge in [-0.05, 0) is 19.3 Å².